The minimum atomic E-state index is -0.584. The van der Waals surface area contributed by atoms with Crippen LogP contribution in [0.1, 0.15) is 30.6 Å². The van der Waals surface area contributed by atoms with E-state index in [1.807, 2.05) is 13.8 Å². The molecule has 0 atom stereocenters. The number of hydrogen-bond acceptors (Lipinski definition) is 4. The van der Waals surface area contributed by atoms with E-state index >= 15 is 0 Å². The molecular weight excluding hydrogens is 284 g/mol. The fraction of sp³-hybridized carbons (Fsp3) is 0.462. The fourth-order valence-electron chi connectivity index (χ4n) is 1.74. The second-order valence-corrected chi connectivity index (χ2v) is 5.27. The normalized spacial score (nSPS) is 11.0. The SMILES string of the molecule is COc1c(C(=O)NC(C)(C)CCCl)cccc1[N+](=O)[O-]. The monoisotopic (exact) mass is 300 g/mol. The summed E-state index contributed by atoms with van der Waals surface area (Å²) in [6, 6.07) is 4.22. The van der Waals surface area contributed by atoms with Crippen molar-refractivity contribution in [3.05, 3.63) is 33.9 Å². The predicted octanol–water partition coefficient (Wildman–Crippen LogP) is 2.74. The number of hydrogen-bond donors (Lipinski definition) is 1. The lowest BCUT2D eigenvalue weighted by Gasteiger charge is -2.25. The van der Waals surface area contributed by atoms with E-state index in [0.29, 0.717) is 12.3 Å². The fourth-order valence-corrected chi connectivity index (χ4v) is 2.21. The van der Waals surface area contributed by atoms with Crippen molar-refractivity contribution in [1.29, 1.82) is 0 Å². The third-order valence-electron chi connectivity index (χ3n) is 2.81. The smallest absolute Gasteiger partial charge is 0.311 e. The summed E-state index contributed by atoms with van der Waals surface area (Å²) in [6.45, 7) is 3.66. The number of nitro benzene ring substituents is 1. The zero-order valence-electron chi connectivity index (χ0n) is 11.6. The number of alkyl halides is 1. The van der Waals surface area contributed by atoms with Gasteiger partial charge in [-0.2, -0.15) is 0 Å². The minimum Gasteiger partial charge on any atom is -0.490 e. The molecule has 0 aliphatic rings. The van der Waals surface area contributed by atoms with Gasteiger partial charge in [-0.05, 0) is 26.3 Å². The van der Waals surface area contributed by atoms with Crippen LogP contribution in [0, 0.1) is 10.1 Å². The molecule has 0 saturated heterocycles. The van der Waals surface area contributed by atoms with Crippen LogP contribution in [-0.2, 0) is 0 Å². The average molecular weight is 301 g/mol. The number of nitro groups is 1. The van der Waals surface area contributed by atoms with Crippen LogP contribution in [0.3, 0.4) is 0 Å². The van der Waals surface area contributed by atoms with Gasteiger partial charge in [0.15, 0.2) is 0 Å². The molecule has 20 heavy (non-hydrogen) atoms. The first-order valence-electron chi connectivity index (χ1n) is 6.02. The third kappa shape index (κ3) is 3.84. The summed E-state index contributed by atoms with van der Waals surface area (Å²) >= 11 is 5.68. The van der Waals surface area contributed by atoms with Crippen molar-refractivity contribution in [3.63, 3.8) is 0 Å². The highest BCUT2D eigenvalue weighted by Gasteiger charge is 2.26. The average Bonchev–Trinajstić information content (AvgIpc) is 2.36. The van der Waals surface area contributed by atoms with E-state index in [1.54, 1.807) is 0 Å². The van der Waals surface area contributed by atoms with Gasteiger partial charge in [-0.15, -0.1) is 11.6 Å². The Labute approximate surface area is 122 Å². The van der Waals surface area contributed by atoms with Gasteiger partial charge in [-0.3, -0.25) is 14.9 Å². The molecule has 0 bridgehead atoms. The van der Waals surface area contributed by atoms with E-state index in [4.69, 9.17) is 16.3 Å². The van der Waals surface area contributed by atoms with Crippen molar-refractivity contribution in [2.45, 2.75) is 25.8 Å². The van der Waals surface area contributed by atoms with Crippen LogP contribution in [-0.4, -0.2) is 29.4 Å². The molecule has 110 valence electrons. The summed E-state index contributed by atoms with van der Waals surface area (Å²) in [6.07, 6.45) is 0.581. The van der Waals surface area contributed by atoms with Crippen LogP contribution in [0.4, 0.5) is 5.69 Å². The van der Waals surface area contributed by atoms with Gasteiger partial charge in [-0.25, -0.2) is 0 Å². The second kappa shape index (κ2) is 6.56. The summed E-state index contributed by atoms with van der Waals surface area (Å²) < 4.78 is 5.00. The predicted molar refractivity (Wildman–Crippen MR) is 76.5 cm³/mol. The summed E-state index contributed by atoms with van der Waals surface area (Å²) in [5.41, 5.74) is -0.617. The van der Waals surface area contributed by atoms with Crippen LogP contribution in [0.2, 0.25) is 0 Å². The number of para-hydroxylation sites is 1. The highest BCUT2D eigenvalue weighted by Crippen LogP contribution is 2.30. The molecule has 0 saturated carbocycles. The molecule has 1 rings (SSSR count). The molecule has 0 unspecified atom stereocenters. The number of ether oxygens (including phenoxy) is 1. The Kier molecular flexibility index (Phi) is 5.33. The standard InChI is InChI=1S/C13H17ClN2O4/c1-13(2,7-8-14)15-12(17)9-5-4-6-10(16(18)19)11(9)20-3/h4-6H,7-8H2,1-3H3,(H,15,17). The molecule has 6 nitrogen and oxygen atoms in total. The molecule has 0 heterocycles. The summed E-state index contributed by atoms with van der Waals surface area (Å²) in [5.74, 6) is -0.0725. The van der Waals surface area contributed by atoms with Crippen molar-refractivity contribution in [1.82, 2.24) is 5.32 Å². The van der Waals surface area contributed by atoms with Crippen LogP contribution < -0.4 is 10.1 Å². The van der Waals surface area contributed by atoms with Crippen LogP contribution in [0.25, 0.3) is 0 Å². The van der Waals surface area contributed by atoms with E-state index in [2.05, 4.69) is 5.32 Å². The first kappa shape index (κ1) is 16.2. The lowest BCUT2D eigenvalue weighted by Crippen LogP contribution is -2.43. The van der Waals surface area contributed by atoms with Gasteiger partial charge >= 0.3 is 5.69 Å². The Bertz CT molecular complexity index is 517. The van der Waals surface area contributed by atoms with Crippen molar-refractivity contribution in [3.8, 4) is 5.75 Å². The van der Waals surface area contributed by atoms with Gasteiger partial charge in [0, 0.05) is 17.5 Å². The van der Waals surface area contributed by atoms with E-state index in [1.165, 1.54) is 25.3 Å². The van der Waals surface area contributed by atoms with Gasteiger partial charge in [0.1, 0.15) is 0 Å². The van der Waals surface area contributed by atoms with Gasteiger partial charge in [0.2, 0.25) is 5.75 Å². The summed E-state index contributed by atoms with van der Waals surface area (Å²) in [4.78, 5) is 22.6. The lowest BCUT2D eigenvalue weighted by molar-refractivity contribution is -0.385. The van der Waals surface area contributed by atoms with E-state index in [0.717, 1.165) is 0 Å². The number of carbonyl (C=O) groups excluding carboxylic acids is 1. The molecule has 1 aromatic rings. The lowest BCUT2D eigenvalue weighted by atomic mass is 10.0. The van der Waals surface area contributed by atoms with Crippen molar-refractivity contribution in [2.75, 3.05) is 13.0 Å². The van der Waals surface area contributed by atoms with Crippen molar-refractivity contribution < 1.29 is 14.5 Å². The molecular formula is C13H17ClN2O4. The molecule has 0 radical (unpaired) electrons. The molecule has 1 aromatic carbocycles. The second-order valence-electron chi connectivity index (χ2n) is 4.89. The first-order valence-corrected chi connectivity index (χ1v) is 6.55. The Balaban J connectivity index is 3.10. The van der Waals surface area contributed by atoms with Gasteiger partial charge < -0.3 is 10.1 Å². The third-order valence-corrected chi connectivity index (χ3v) is 3.00. The largest absolute Gasteiger partial charge is 0.490 e. The molecule has 7 heteroatoms. The highest BCUT2D eigenvalue weighted by molar-refractivity contribution is 6.17. The zero-order valence-corrected chi connectivity index (χ0v) is 12.4. The van der Waals surface area contributed by atoms with Crippen LogP contribution in [0.15, 0.2) is 18.2 Å². The molecule has 1 N–H and O–H groups in total. The molecule has 0 spiro atoms. The quantitative estimate of drug-likeness (QED) is 0.497. The van der Waals surface area contributed by atoms with Gasteiger partial charge in [0.05, 0.1) is 17.6 Å². The number of nitrogens with zero attached hydrogens (tertiary/aromatic N) is 1. The van der Waals surface area contributed by atoms with E-state index < -0.39 is 16.4 Å². The number of nitrogens with one attached hydrogen (secondary N) is 1. The Hall–Kier alpha value is -1.82. The maximum Gasteiger partial charge on any atom is 0.311 e. The molecule has 0 aromatic heterocycles. The number of rotatable bonds is 6. The highest BCUT2D eigenvalue weighted by atomic mass is 35.5. The van der Waals surface area contributed by atoms with Gasteiger partial charge in [-0.1, -0.05) is 6.07 Å². The number of halogens is 1. The Morgan fingerprint density at radius 2 is 2.15 bits per heavy atom. The number of carbonyl (C=O) groups is 1. The summed E-state index contributed by atoms with van der Waals surface area (Å²) in [7, 11) is 1.29. The van der Waals surface area contributed by atoms with Crippen molar-refractivity contribution in [2.24, 2.45) is 0 Å². The Morgan fingerprint density at radius 1 is 1.50 bits per heavy atom. The Morgan fingerprint density at radius 3 is 2.65 bits per heavy atom. The minimum absolute atomic E-state index is 0.0447. The zero-order chi connectivity index (χ0) is 15.3. The molecule has 0 aliphatic heterocycles. The number of amides is 1. The summed E-state index contributed by atoms with van der Waals surface area (Å²) in [5, 5.41) is 13.7. The maximum atomic E-state index is 12.2. The van der Waals surface area contributed by atoms with Crippen LogP contribution >= 0.6 is 11.6 Å². The first-order chi connectivity index (χ1) is 9.32. The number of benzene rings is 1. The van der Waals surface area contributed by atoms with E-state index in [9.17, 15) is 14.9 Å². The molecule has 0 fully saturated rings. The molecule has 1 amide bonds. The topological polar surface area (TPSA) is 81.5 Å². The van der Waals surface area contributed by atoms with E-state index in [-0.39, 0.29) is 17.0 Å². The maximum absolute atomic E-state index is 12.2. The van der Waals surface area contributed by atoms with Crippen molar-refractivity contribution >= 4 is 23.2 Å². The van der Waals surface area contributed by atoms with Crippen LogP contribution in [0.5, 0.6) is 5.75 Å². The van der Waals surface area contributed by atoms with Gasteiger partial charge in [0.25, 0.3) is 5.91 Å². The molecule has 0 aliphatic carbocycles. The number of methoxy groups -OCH3 is 1.